The van der Waals surface area contributed by atoms with Gasteiger partial charge in [0.2, 0.25) is 17.7 Å². The molecule has 1 aliphatic heterocycles. The van der Waals surface area contributed by atoms with E-state index in [0.717, 1.165) is 30.4 Å². The zero-order valence-electron chi connectivity index (χ0n) is 20.7. The van der Waals surface area contributed by atoms with Crippen LogP contribution in [0.3, 0.4) is 0 Å². The van der Waals surface area contributed by atoms with Crippen LogP contribution in [0.5, 0.6) is 5.75 Å². The average molecular weight is 493 g/mol. The smallest absolute Gasteiger partial charge is 0.243 e. The van der Waals surface area contributed by atoms with Crippen molar-refractivity contribution in [3.8, 4) is 5.75 Å². The topological polar surface area (TPSA) is 125 Å². The Morgan fingerprint density at radius 3 is 2.50 bits per heavy atom. The molecule has 3 atom stereocenters. The van der Waals surface area contributed by atoms with Crippen molar-refractivity contribution in [3.05, 3.63) is 77.9 Å². The highest BCUT2D eigenvalue weighted by Gasteiger charge is 2.32. The van der Waals surface area contributed by atoms with Gasteiger partial charge in [0.05, 0.1) is 6.04 Å². The number of benzene rings is 2. The molecule has 2 aromatic rings. The number of hydrogen-bond donors (Lipinski definition) is 4. The Labute approximate surface area is 212 Å². The predicted octanol–water partition coefficient (Wildman–Crippen LogP) is 2.41. The van der Waals surface area contributed by atoms with E-state index in [4.69, 9.17) is 5.73 Å². The van der Waals surface area contributed by atoms with Gasteiger partial charge >= 0.3 is 0 Å². The quantitative estimate of drug-likeness (QED) is 0.477. The standard InChI is InChI=1S/C28H36N4O4/c1-32-25(18-20-14-16-22(33)17-15-20)27(35)31-24(26(34)30-19-21-10-6-5-7-11-21)13-9-4-2-3-8-12-23(29)28(32)36/h4-7,9-11,14-17,23-25,33H,2-3,8,12-13,18-19,29H2,1H3,(H,30,34)(H,31,35)/b9-4-/t23-,24-,25-/m0/s1. The number of nitrogens with zero attached hydrogens (tertiary/aromatic N) is 1. The second-order valence-electron chi connectivity index (χ2n) is 9.20. The van der Waals surface area contributed by atoms with Crippen molar-refractivity contribution < 1.29 is 19.5 Å². The van der Waals surface area contributed by atoms with Crippen LogP contribution in [0, 0.1) is 0 Å². The highest BCUT2D eigenvalue weighted by Crippen LogP contribution is 2.16. The Kier molecular flexibility index (Phi) is 10.1. The van der Waals surface area contributed by atoms with E-state index in [2.05, 4.69) is 10.6 Å². The molecule has 0 unspecified atom stereocenters. The molecular formula is C28H36N4O4. The van der Waals surface area contributed by atoms with Crippen LogP contribution in [0.15, 0.2) is 66.7 Å². The summed E-state index contributed by atoms with van der Waals surface area (Å²) in [5, 5.41) is 15.4. The molecule has 1 aliphatic rings. The number of amides is 3. The van der Waals surface area contributed by atoms with Crippen LogP contribution in [-0.4, -0.2) is 52.9 Å². The third-order valence-electron chi connectivity index (χ3n) is 6.42. The van der Waals surface area contributed by atoms with Gasteiger partial charge in [-0.05, 0) is 48.9 Å². The van der Waals surface area contributed by atoms with E-state index in [1.165, 1.54) is 17.0 Å². The number of hydrogen-bond acceptors (Lipinski definition) is 5. The van der Waals surface area contributed by atoms with Crippen LogP contribution in [0.25, 0.3) is 0 Å². The largest absolute Gasteiger partial charge is 0.508 e. The molecular weight excluding hydrogens is 456 g/mol. The molecule has 0 saturated carbocycles. The Morgan fingerprint density at radius 2 is 1.78 bits per heavy atom. The summed E-state index contributed by atoms with van der Waals surface area (Å²) in [6, 6.07) is 13.7. The van der Waals surface area contributed by atoms with Gasteiger partial charge in [0.15, 0.2) is 0 Å². The van der Waals surface area contributed by atoms with Gasteiger partial charge in [-0.15, -0.1) is 0 Å². The zero-order valence-corrected chi connectivity index (χ0v) is 20.7. The van der Waals surface area contributed by atoms with Crippen molar-refractivity contribution in [2.75, 3.05) is 7.05 Å². The van der Waals surface area contributed by atoms with Crippen molar-refractivity contribution in [1.29, 1.82) is 0 Å². The lowest BCUT2D eigenvalue weighted by Crippen LogP contribution is -2.56. The molecule has 192 valence electrons. The number of carbonyl (C=O) groups excluding carboxylic acids is 3. The molecule has 0 spiro atoms. The van der Waals surface area contributed by atoms with Crippen LogP contribution in [0.4, 0.5) is 0 Å². The molecule has 5 N–H and O–H groups in total. The fourth-order valence-corrected chi connectivity index (χ4v) is 4.18. The molecule has 8 heteroatoms. The van der Waals surface area contributed by atoms with E-state index in [0.29, 0.717) is 19.4 Å². The van der Waals surface area contributed by atoms with Gasteiger partial charge in [0.1, 0.15) is 17.8 Å². The third kappa shape index (κ3) is 7.95. The Hall–Kier alpha value is -3.65. The molecule has 0 radical (unpaired) electrons. The number of phenolic OH excluding ortho intramolecular Hbond substituents is 1. The third-order valence-corrected chi connectivity index (χ3v) is 6.42. The number of nitrogens with one attached hydrogen (secondary N) is 2. The number of aromatic hydroxyl groups is 1. The van der Waals surface area contributed by atoms with E-state index in [1.807, 2.05) is 42.5 Å². The molecule has 0 aliphatic carbocycles. The Bertz CT molecular complexity index is 1040. The molecule has 0 bridgehead atoms. The van der Waals surface area contributed by atoms with Crippen LogP contribution in [-0.2, 0) is 27.3 Å². The number of nitrogens with two attached hydrogens (primary N) is 1. The minimum absolute atomic E-state index is 0.114. The highest BCUT2D eigenvalue weighted by molar-refractivity contribution is 5.93. The first-order valence-electron chi connectivity index (χ1n) is 12.4. The monoisotopic (exact) mass is 492 g/mol. The summed E-state index contributed by atoms with van der Waals surface area (Å²) in [7, 11) is 1.57. The van der Waals surface area contributed by atoms with Gasteiger partial charge in [-0.3, -0.25) is 14.4 Å². The molecule has 0 fully saturated rings. The molecule has 36 heavy (non-hydrogen) atoms. The maximum Gasteiger partial charge on any atom is 0.243 e. The van der Waals surface area contributed by atoms with E-state index in [1.54, 1.807) is 19.2 Å². The SMILES string of the molecule is CN1C(=O)[C@@H](N)CCCC/C=C\C[C@@H](C(=O)NCc2ccccc2)NC(=O)[C@@H]1Cc1ccc(O)cc1. The van der Waals surface area contributed by atoms with Gasteiger partial charge < -0.3 is 26.4 Å². The van der Waals surface area contributed by atoms with Gasteiger partial charge in [0.25, 0.3) is 0 Å². The Morgan fingerprint density at radius 1 is 1.06 bits per heavy atom. The van der Waals surface area contributed by atoms with Gasteiger partial charge in [-0.25, -0.2) is 0 Å². The molecule has 3 rings (SSSR count). The minimum atomic E-state index is -0.871. The first kappa shape index (κ1) is 26.9. The second-order valence-corrected chi connectivity index (χ2v) is 9.20. The molecule has 0 aromatic heterocycles. The van der Waals surface area contributed by atoms with Crippen LogP contribution in [0.2, 0.25) is 0 Å². The number of carbonyl (C=O) groups is 3. The van der Waals surface area contributed by atoms with Gasteiger partial charge in [0, 0.05) is 20.0 Å². The number of rotatable bonds is 5. The van der Waals surface area contributed by atoms with E-state index < -0.39 is 24.0 Å². The highest BCUT2D eigenvalue weighted by atomic mass is 16.3. The molecule has 1 heterocycles. The molecule has 3 amide bonds. The second kappa shape index (κ2) is 13.4. The van der Waals surface area contributed by atoms with Crippen LogP contribution < -0.4 is 16.4 Å². The summed E-state index contributed by atoms with van der Waals surface area (Å²) < 4.78 is 0. The minimum Gasteiger partial charge on any atom is -0.508 e. The number of allylic oxidation sites excluding steroid dienone is 1. The maximum atomic E-state index is 13.5. The summed E-state index contributed by atoms with van der Waals surface area (Å²) in [5.41, 5.74) is 7.90. The summed E-state index contributed by atoms with van der Waals surface area (Å²) in [6.45, 7) is 0.347. The van der Waals surface area contributed by atoms with Crippen molar-refractivity contribution in [2.45, 2.75) is 63.2 Å². The predicted molar refractivity (Wildman–Crippen MR) is 139 cm³/mol. The van der Waals surface area contributed by atoms with Crippen molar-refractivity contribution >= 4 is 17.7 Å². The van der Waals surface area contributed by atoms with Crippen molar-refractivity contribution in [1.82, 2.24) is 15.5 Å². The fraction of sp³-hybridized carbons (Fsp3) is 0.393. The summed E-state index contributed by atoms with van der Waals surface area (Å²) >= 11 is 0. The van der Waals surface area contributed by atoms with Crippen LogP contribution >= 0.6 is 0 Å². The number of likely N-dealkylation sites (N-methyl/N-ethyl adjacent to an activating group) is 1. The van der Waals surface area contributed by atoms with E-state index in [9.17, 15) is 19.5 Å². The summed E-state index contributed by atoms with van der Waals surface area (Å²) in [4.78, 5) is 41.0. The zero-order chi connectivity index (χ0) is 25.9. The Balaban J connectivity index is 1.82. The van der Waals surface area contributed by atoms with Crippen molar-refractivity contribution in [2.24, 2.45) is 5.73 Å². The van der Waals surface area contributed by atoms with Crippen LogP contribution in [0.1, 0.15) is 43.2 Å². The first-order valence-corrected chi connectivity index (χ1v) is 12.4. The lowest BCUT2D eigenvalue weighted by molar-refractivity contribution is -0.141. The van der Waals surface area contributed by atoms with Crippen molar-refractivity contribution in [3.63, 3.8) is 0 Å². The lowest BCUT2D eigenvalue weighted by Gasteiger charge is -2.31. The van der Waals surface area contributed by atoms with E-state index in [-0.39, 0.29) is 24.0 Å². The molecule has 2 aromatic carbocycles. The van der Waals surface area contributed by atoms with Gasteiger partial charge in [-0.1, -0.05) is 61.0 Å². The fourth-order valence-electron chi connectivity index (χ4n) is 4.18. The lowest BCUT2D eigenvalue weighted by atomic mass is 10.0. The normalized spacial score (nSPS) is 22.8. The summed E-state index contributed by atoms with van der Waals surface area (Å²) in [5.74, 6) is -0.927. The van der Waals surface area contributed by atoms with Gasteiger partial charge in [-0.2, -0.15) is 0 Å². The maximum absolute atomic E-state index is 13.5. The first-order chi connectivity index (χ1) is 17.3. The number of phenols is 1. The van der Waals surface area contributed by atoms with E-state index >= 15 is 0 Å². The molecule has 8 nitrogen and oxygen atoms in total. The molecule has 0 saturated heterocycles. The average Bonchev–Trinajstić information content (AvgIpc) is 2.89. The summed E-state index contributed by atoms with van der Waals surface area (Å²) in [6.07, 6.45) is 7.51.